The molecule has 2 rings (SSSR count). The Morgan fingerprint density at radius 1 is 1.59 bits per heavy atom. The van der Waals surface area contributed by atoms with Gasteiger partial charge in [-0.15, -0.1) is 0 Å². The topological polar surface area (TPSA) is 55.1 Å². The van der Waals surface area contributed by atoms with E-state index < -0.39 is 11.4 Å². The molecule has 0 spiro atoms. The Labute approximate surface area is 102 Å². The monoisotopic (exact) mass is 236 g/mol. The van der Waals surface area contributed by atoms with Gasteiger partial charge < -0.3 is 5.11 Å². The maximum atomic E-state index is 11.6. The summed E-state index contributed by atoms with van der Waals surface area (Å²) < 4.78 is 1.85. The summed E-state index contributed by atoms with van der Waals surface area (Å²) in [5.74, 6) is -0.269. The molecule has 1 atom stereocenters. The van der Waals surface area contributed by atoms with Crippen molar-refractivity contribution < 1.29 is 9.90 Å². The number of carbonyl (C=O) groups is 1. The molecular weight excluding hydrogens is 216 g/mol. The molecule has 1 heterocycles. The minimum atomic E-state index is -0.738. The van der Waals surface area contributed by atoms with Crippen molar-refractivity contribution in [2.24, 2.45) is 11.3 Å². The number of carboxylic acids is 1. The van der Waals surface area contributed by atoms with Gasteiger partial charge in [0.15, 0.2) is 0 Å². The van der Waals surface area contributed by atoms with Crippen molar-refractivity contribution in [2.75, 3.05) is 0 Å². The Kier molecular flexibility index (Phi) is 2.56. The van der Waals surface area contributed by atoms with E-state index in [-0.39, 0.29) is 5.41 Å². The first-order valence-electron chi connectivity index (χ1n) is 6.07. The molecule has 1 aliphatic carbocycles. The third kappa shape index (κ3) is 1.66. The SMILES string of the molecule is CC(C)Cn1nccc1C1(C(=O)O)CC1(C)C. The van der Waals surface area contributed by atoms with Crippen LogP contribution >= 0.6 is 0 Å². The fourth-order valence-corrected chi connectivity index (χ4v) is 2.72. The van der Waals surface area contributed by atoms with Crippen molar-refractivity contribution in [3.63, 3.8) is 0 Å². The first kappa shape index (κ1) is 12.1. The number of hydrogen-bond donors (Lipinski definition) is 1. The molecule has 1 fully saturated rings. The van der Waals surface area contributed by atoms with Gasteiger partial charge in [0.1, 0.15) is 5.41 Å². The number of hydrogen-bond acceptors (Lipinski definition) is 2. The molecule has 17 heavy (non-hydrogen) atoms. The van der Waals surface area contributed by atoms with Crippen LogP contribution in [0, 0.1) is 11.3 Å². The molecule has 0 aromatic carbocycles. The van der Waals surface area contributed by atoms with Gasteiger partial charge >= 0.3 is 5.97 Å². The van der Waals surface area contributed by atoms with E-state index in [1.807, 2.05) is 24.6 Å². The van der Waals surface area contributed by atoms with E-state index >= 15 is 0 Å². The van der Waals surface area contributed by atoms with Gasteiger partial charge in [-0.25, -0.2) is 0 Å². The van der Waals surface area contributed by atoms with Crippen LogP contribution in [0.15, 0.2) is 12.3 Å². The standard InChI is InChI=1S/C13H20N2O2/c1-9(2)7-15-10(5-6-14-15)13(11(16)17)8-12(13,3)4/h5-6,9H,7-8H2,1-4H3,(H,16,17). The van der Waals surface area contributed by atoms with E-state index in [9.17, 15) is 9.90 Å². The molecule has 0 radical (unpaired) electrons. The first-order chi connectivity index (χ1) is 7.81. The summed E-state index contributed by atoms with van der Waals surface area (Å²) in [7, 11) is 0. The zero-order chi connectivity index (χ0) is 12.8. The van der Waals surface area contributed by atoms with Gasteiger partial charge in [0.25, 0.3) is 0 Å². The Morgan fingerprint density at radius 2 is 2.18 bits per heavy atom. The van der Waals surface area contributed by atoms with Gasteiger partial charge in [0.2, 0.25) is 0 Å². The molecule has 0 saturated heterocycles. The van der Waals surface area contributed by atoms with Gasteiger partial charge in [-0.3, -0.25) is 9.48 Å². The molecule has 1 aliphatic rings. The molecule has 1 aromatic rings. The number of rotatable bonds is 4. The number of nitrogens with zero attached hydrogens (tertiary/aromatic N) is 2. The molecule has 1 saturated carbocycles. The minimum Gasteiger partial charge on any atom is -0.481 e. The van der Waals surface area contributed by atoms with E-state index in [0.29, 0.717) is 12.3 Å². The van der Waals surface area contributed by atoms with Crippen LogP contribution in [0.4, 0.5) is 0 Å². The molecule has 0 aliphatic heterocycles. The highest BCUT2D eigenvalue weighted by atomic mass is 16.4. The van der Waals surface area contributed by atoms with Crippen LogP contribution in [0.25, 0.3) is 0 Å². The second kappa shape index (κ2) is 3.59. The van der Waals surface area contributed by atoms with Gasteiger partial charge in [-0.05, 0) is 23.8 Å². The molecule has 0 amide bonds. The molecule has 4 heteroatoms. The van der Waals surface area contributed by atoms with Crippen molar-refractivity contribution in [1.29, 1.82) is 0 Å². The third-order valence-corrected chi connectivity index (χ3v) is 3.79. The molecule has 0 bridgehead atoms. The minimum absolute atomic E-state index is 0.173. The second-order valence-electron chi connectivity index (χ2n) is 6.06. The van der Waals surface area contributed by atoms with Crippen molar-refractivity contribution in [3.8, 4) is 0 Å². The summed E-state index contributed by atoms with van der Waals surface area (Å²) in [5, 5.41) is 13.8. The Hall–Kier alpha value is -1.32. The number of aliphatic carboxylic acids is 1. The van der Waals surface area contributed by atoms with Crippen molar-refractivity contribution >= 4 is 5.97 Å². The van der Waals surface area contributed by atoms with E-state index in [1.54, 1.807) is 6.20 Å². The Bertz CT molecular complexity index is 448. The summed E-state index contributed by atoms with van der Waals surface area (Å²) in [4.78, 5) is 11.6. The van der Waals surface area contributed by atoms with E-state index in [2.05, 4.69) is 18.9 Å². The molecular formula is C13H20N2O2. The summed E-state index contributed by atoms with van der Waals surface area (Å²) in [6, 6.07) is 1.85. The zero-order valence-corrected chi connectivity index (χ0v) is 10.9. The zero-order valence-electron chi connectivity index (χ0n) is 10.9. The molecule has 4 nitrogen and oxygen atoms in total. The second-order valence-corrected chi connectivity index (χ2v) is 6.06. The fourth-order valence-electron chi connectivity index (χ4n) is 2.72. The quantitative estimate of drug-likeness (QED) is 0.872. The van der Waals surface area contributed by atoms with Gasteiger partial charge in [0.05, 0.1) is 5.69 Å². The highest BCUT2D eigenvalue weighted by molar-refractivity contribution is 5.86. The average molecular weight is 236 g/mol. The van der Waals surface area contributed by atoms with E-state index in [4.69, 9.17) is 0 Å². The molecule has 1 unspecified atom stereocenters. The largest absolute Gasteiger partial charge is 0.481 e. The predicted octanol–water partition coefficient (Wildman–Crippen LogP) is 2.29. The van der Waals surface area contributed by atoms with Crippen molar-refractivity contribution in [3.05, 3.63) is 18.0 Å². The highest BCUT2D eigenvalue weighted by Gasteiger charge is 2.69. The third-order valence-electron chi connectivity index (χ3n) is 3.79. The van der Waals surface area contributed by atoms with Gasteiger partial charge in [-0.1, -0.05) is 27.7 Å². The van der Waals surface area contributed by atoms with Crippen molar-refractivity contribution in [2.45, 2.75) is 46.1 Å². The normalized spacial score (nSPS) is 26.2. The number of aromatic nitrogens is 2. The van der Waals surface area contributed by atoms with Crippen LogP contribution < -0.4 is 0 Å². The number of carboxylic acid groups (broad SMARTS) is 1. The van der Waals surface area contributed by atoms with Crippen molar-refractivity contribution in [1.82, 2.24) is 9.78 Å². The molecule has 94 valence electrons. The summed E-state index contributed by atoms with van der Waals surface area (Å²) >= 11 is 0. The van der Waals surface area contributed by atoms with Crippen LogP contribution in [0.1, 0.15) is 39.8 Å². The first-order valence-corrected chi connectivity index (χ1v) is 6.07. The lowest BCUT2D eigenvalue weighted by Crippen LogP contribution is -2.29. The summed E-state index contributed by atoms with van der Waals surface area (Å²) in [6.07, 6.45) is 2.40. The smallest absolute Gasteiger partial charge is 0.316 e. The maximum Gasteiger partial charge on any atom is 0.316 e. The lowest BCUT2D eigenvalue weighted by Gasteiger charge is -2.18. The van der Waals surface area contributed by atoms with E-state index in [0.717, 1.165) is 12.2 Å². The molecule has 1 N–H and O–H groups in total. The van der Waals surface area contributed by atoms with Crippen LogP contribution in [-0.2, 0) is 16.8 Å². The predicted molar refractivity (Wildman–Crippen MR) is 64.8 cm³/mol. The Morgan fingerprint density at radius 3 is 2.59 bits per heavy atom. The van der Waals surface area contributed by atoms with E-state index in [1.165, 1.54) is 0 Å². The van der Waals surface area contributed by atoms with Crippen LogP contribution in [0.2, 0.25) is 0 Å². The van der Waals surface area contributed by atoms with Crippen LogP contribution in [-0.4, -0.2) is 20.9 Å². The lowest BCUT2D eigenvalue weighted by molar-refractivity contribution is -0.141. The highest BCUT2D eigenvalue weighted by Crippen LogP contribution is 2.64. The Balaban J connectivity index is 2.40. The fraction of sp³-hybridized carbons (Fsp3) is 0.692. The summed E-state index contributed by atoms with van der Waals surface area (Å²) in [5.41, 5.74) is -0.0601. The van der Waals surface area contributed by atoms with Gasteiger partial charge in [-0.2, -0.15) is 5.10 Å². The average Bonchev–Trinajstić information content (AvgIpc) is 2.55. The van der Waals surface area contributed by atoms with Gasteiger partial charge in [0, 0.05) is 12.7 Å². The molecule has 1 aromatic heterocycles. The van der Waals surface area contributed by atoms with Crippen LogP contribution in [0.3, 0.4) is 0 Å². The summed E-state index contributed by atoms with van der Waals surface area (Å²) in [6.45, 7) is 9.00. The van der Waals surface area contributed by atoms with Crippen LogP contribution in [0.5, 0.6) is 0 Å². The maximum absolute atomic E-state index is 11.6. The lowest BCUT2D eigenvalue weighted by atomic mass is 9.92.